The number of ether oxygens (including phenoxy) is 2. The lowest BCUT2D eigenvalue weighted by molar-refractivity contribution is -0.154. The maximum Gasteiger partial charge on any atom is 0.313 e. The Labute approximate surface area is 164 Å². The molecule has 0 saturated carbocycles. The summed E-state index contributed by atoms with van der Waals surface area (Å²) in [7, 11) is 0. The number of rotatable bonds is 4. The number of benzene rings is 2. The molecule has 2 aromatic carbocycles. The normalized spacial score (nSPS) is 15.0. The number of hydrazine groups is 1. The Morgan fingerprint density at radius 1 is 1.18 bits per heavy atom. The molecule has 0 radical (unpaired) electrons. The fourth-order valence-corrected chi connectivity index (χ4v) is 2.84. The molecule has 146 valence electrons. The van der Waals surface area contributed by atoms with Gasteiger partial charge >= 0.3 is 5.97 Å². The van der Waals surface area contributed by atoms with Gasteiger partial charge in [-0.25, -0.2) is 4.39 Å². The first-order valence-corrected chi connectivity index (χ1v) is 8.73. The molecule has 0 bridgehead atoms. The molecule has 0 fully saturated rings. The van der Waals surface area contributed by atoms with Gasteiger partial charge in [0, 0.05) is 5.02 Å². The van der Waals surface area contributed by atoms with Gasteiger partial charge in [0.15, 0.2) is 6.61 Å². The molecule has 1 heterocycles. The molecule has 7 nitrogen and oxygen atoms in total. The maximum absolute atomic E-state index is 13.5. The van der Waals surface area contributed by atoms with Crippen LogP contribution in [0.3, 0.4) is 0 Å². The minimum atomic E-state index is -0.827. The molecule has 9 heteroatoms. The molecule has 28 heavy (non-hydrogen) atoms. The van der Waals surface area contributed by atoms with E-state index in [4.69, 9.17) is 21.1 Å². The lowest BCUT2D eigenvalue weighted by atomic mass is 9.97. The van der Waals surface area contributed by atoms with E-state index in [1.54, 1.807) is 18.2 Å². The van der Waals surface area contributed by atoms with Gasteiger partial charge < -0.3 is 9.47 Å². The third-order valence-corrected chi connectivity index (χ3v) is 4.28. The summed E-state index contributed by atoms with van der Waals surface area (Å²) in [5, 5.41) is 0.529. The first-order valence-electron chi connectivity index (χ1n) is 8.35. The van der Waals surface area contributed by atoms with Crippen molar-refractivity contribution in [2.75, 3.05) is 13.2 Å². The summed E-state index contributed by atoms with van der Waals surface area (Å²) in [6.45, 7) is -0.478. The van der Waals surface area contributed by atoms with Crippen LogP contribution in [0.1, 0.15) is 15.9 Å². The van der Waals surface area contributed by atoms with Crippen LogP contribution in [-0.2, 0) is 20.7 Å². The van der Waals surface area contributed by atoms with Gasteiger partial charge in [0.1, 0.15) is 18.2 Å². The molecule has 0 unspecified atom stereocenters. The van der Waals surface area contributed by atoms with E-state index in [0.29, 0.717) is 17.2 Å². The van der Waals surface area contributed by atoms with Crippen molar-refractivity contribution in [3.05, 3.63) is 64.4 Å². The van der Waals surface area contributed by atoms with E-state index >= 15 is 0 Å². The van der Waals surface area contributed by atoms with Crippen LogP contribution in [-0.4, -0.2) is 31.0 Å². The molecule has 3 rings (SSSR count). The summed E-state index contributed by atoms with van der Waals surface area (Å²) < 4.78 is 24.0. The number of fused-ring (bicyclic) bond motifs is 1. The molecule has 0 aromatic heterocycles. The van der Waals surface area contributed by atoms with E-state index < -0.39 is 36.1 Å². The number of esters is 1. The highest BCUT2D eigenvalue weighted by Gasteiger charge is 2.28. The van der Waals surface area contributed by atoms with E-state index in [1.165, 1.54) is 18.2 Å². The zero-order chi connectivity index (χ0) is 20.1. The number of carbonyl (C=O) groups is 3. The predicted octanol–water partition coefficient (Wildman–Crippen LogP) is 2.03. The summed E-state index contributed by atoms with van der Waals surface area (Å²) in [5.41, 5.74) is 4.67. The average Bonchev–Trinajstić information content (AvgIpc) is 2.70. The standard InChI is InChI=1S/C19H16ClFN2O5/c20-13-5-6-16-11(8-13)7-12(9-27-16)19(26)28-10-17(24)22-23-18(25)14-3-1-2-4-15(14)21/h1-6,8,12H,7,9-10H2,(H,22,24)(H,23,25)/t12-/m0/s1. The third-order valence-electron chi connectivity index (χ3n) is 4.04. The zero-order valence-corrected chi connectivity index (χ0v) is 15.3. The third kappa shape index (κ3) is 4.77. The summed E-state index contributed by atoms with van der Waals surface area (Å²) in [6, 6.07) is 10.4. The van der Waals surface area contributed by atoms with Gasteiger partial charge in [-0.1, -0.05) is 23.7 Å². The van der Waals surface area contributed by atoms with Crippen LogP contribution in [0.25, 0.3) is 0 Å². The van der Waals surface area contributed by atoms with E-state index in [0.717, 1.165) is 11.6 Å². The van der Waals surface area contributed by atoms with Gasteiger partial charge in [0.05, 0.1) is 11.5 Å². The number of amides is 2. The molecule has 0 spiro atoms. The number of hydrogen-bond acceptors (Lipinski definition) is 5. The van der Waals surface area contributed by atoms with Crippen molar-refractivity contribution in [2.45, 2.75) is 6.42 Å². The van der Waals surface area contributed by atoms with Gasteiger partial charge in [0.25, 0.3) is 11.8 Å². The van der Waals surface area contributed by atoms with Crippen LogP contribution in [0.4, 0.5) is 4.39 Å². The maximum atomic E-state index is 13.5. The molecule has 2 N–H and O–H groups in total. The number of nitrogens with one attached hydrogen (secondary N) is 2. The minimum absolute atomic E-state index is 0.124. The van der Waals surface area contributed by atoms with Crippen molar-refractivity contribution in [1.29, 1.82) is 0 Å². The molecule has 0 saturated heterocycles. The molecule has 0 aliphatic carbocycles. The molecule has 2 amide bonds. The Hall–Kier alpha value is -3.13. The van der Waals surface area contributed by atoms with Crippen molar-refractivity contribution in [2.24, 2.45) is 5.92 Å². The molecule has 1 atom stereocenters. The molecule has 2 aromatic rings. The predicted molar refractivity (Wildman–Crippen MR) is 97.1 cm³/mol. The Morgan fingerprint density at radius 3 is 2.75 bits per heavy atom. The van der Waals surface area contributed by atoms with Gasteiger partial charge in [0.2, 0.25) is 0 Å². The Balaban J connectivity index is 1.45. The monoisotopic (exact) mass is 406 g/mol. The van der Waals surface area contributed by atoms with E-state index in [-0.39, 0.29) is 12.2 Å². The molecule has 1 aliphatic rings. The quantitative estimate of drug-likeness (QED) is 0.598. The first kappa shape index (κ1) is 19.6. The van der Waals surface area contributed by atoms with Crippen molar-refractivity contribution in [3.63, 3.8) is 0 Å². The molecular weight excluding hydrogens is 391 g/mol. The lowest BCUT2D eigenvalue weighted by Crippen LogP contribution is -2.44. The van der Waals surface area contributed by atoms with E-state index in [9.17, 15) is 18.8 Å². The van der Waals surface area contributed by atoms with Crippen LogP contribution < -0.4 is 15.6 Å². The fourth-order valence-electron chi connectivity index (χ4n) is 2.64. The second-order valence-corrected chi connectivity index (χ2v) is 6.49. The SMILES string of the molecule is O=C(COC(=O)[C@@H]1COc2ccc(Cl)cc2C1)NNC(=O)c1ccccc1F. The van der Waals surface area contributed by atoms with Crippen LogP contribution >= 0.6 is 11.6 Å². The topological polar surface area (TPSA) is 93.7 Å². The average molecular weight is 407 g/mol. The van der Waals surface area contributed by atoms with Gasteiger partial charge in [-0.05, 0) is 42.3 Å². The highest BCUT2D eigenvalue weighted by molar-refractivity contribution is 6.30. The van der Waals surface area contributed by atoms with Crippen molar-refractivity contribution < 1.29 is 28.2 Å². The Morgan fingerprint density at radius 2 is 1.96 bits per heavy atom. The van der Waals surface area contributed by atoms with E-state index in [1.807, 2.05) is 0 Å². The summed E-state index contributed by atoms with van der Waals surface area (Å²) in [5.74, 6) is -2.85. The summed E-state index contributed by atoms with van der Waals surface area (Å²) in [6.07, 6.45) is 0.375. The van der Waals surface area contributed by atoms with Crippen LogP contribution in [0, 0.1) is 11.7 Å². The minimum Gasteiger partial charge on any atom is -0.492 e. The van der Waals surface area contributed by atoms with Crippen LogP contribution in [0.15, 0.2) is 42.5 Å². The first-order chi connectivity index (χ1) is 13.4. The smallest absolute Gasteiger partial charge is 0.313 e. The van der Waals surface area contributed by atoms with Crippen LogP contribution in [0.5, 0.6) is 5.75 Å². The van der Waals surface area contributed by atoms with Crippen molar-refractivity contribution >= 4 is 29.4 Å². The van der Waals surface area contributed by atoms with E-state index in [2.05, 4.69) is 10.9 Å². The van der Waals surface area contributed by atoms with Gasteiger partial charge in [-0.3, -0.25) is 25.2 Å². The largest absolute Gasteiger partial charge is 0.492 e. The Kier molecular flexibility index (Phi) is 6.10. The number of halogens is 2. The highest BCUT2D eigenvalue weighted by atomic mass is 35.5. The molecule has 1 aliphatic heterocycles. The second kappa shape index (κ2) is 8.71. The van der Waals surface area contributed by atoms with Gasteiger partial charge in [-0.2, -0.15) is 0 Å². The van der Waals surface area contributed by atoms with Crippen LogP contribution in [0.2, 0.25) is 5.02 Å². The number of carbonyl (C=O) groups excluding carboxylic acids is 3. The van der Waals surface area contributed by atoms with Crippen molar-refractivity contribution in [3.8, 4) is 5.75 Å². The second-order valence-electron chi connectivity index (χ2n) is 6.05. The van der Waals surface area contributed by atoms with Crippen molar-refractivity contribution in [1.82, 2.24) is 10.9 Å². The van der Waals surface area contributed by atoms with Gasteiger partial charge in [-0.15, -0.1) is 0 Å². The molecular formula is C19H16ClFN2O5. The zero-order valence-electron chi connectivity index (χ0n) is 14.5. The number of hydrogen-bond donors (Lipinski definition) is 2. The highest BCUT2D eigenvalue weighted by Crippen LogP contribution is 2.30. The Bertz CT molecular complexity index is 921. The fraction of sp³-hybridized carbons (Fsp3) is 0.211. The summed E-state index contributed by atoms with van der Waals surface area (Å²) >= 11 is 5.94. The summed E-state index contributed by atoms with van der Waals surface area (Å²) in [4.78, 5) is 35.7. The lowest BCUT2D eigenvalue weighted by Gasteiger charge is -2.24.